The molecule has 0 saturated carbocycles. The van der Waals surface area contributed by atoms with E-state index < -0.39 is 0 Å². The number of carbonyl (C=O) groups is 1. The number of aromatic nitrogens is 1. The molecule has 0 bridgehead atoms. The Morgan fingerprint density at radius 1 is 1.38 bits per heavy atom. The van der Waals surface area contributed by atoms with Gasteiger partial charge in [-0.25, -0.2) is 10.8 Å². The van der Waals surface area contributed by atoms with Crippen LogP contribution in [-0.2, 0) is 6.54 Å². The average Bonchev–Trinajstić information content (AvgIpc) is 2.52. The van der Waals surface area contributed by atoms with E-state index in [1.807, 2.05) is 12.1 Å². The van der Waals surface area contributed by atoms with Crippen LogP contribution in [0, 0.1) is 11.3 Å². The van der Waals surface area contributed by atoms with Gasteiger partial charge in [-0.05, 0) is 29.8 Å². The number of hydrogen-bond acceptors (Lipinski definition) is 5. The summed E-state index contributed by atoms with van der Waals surface area (Å²) >= 11 is 5.81. The Bertz CT molecular complexity index is 711. The van der Waals surface area contributed by atoms with Gasteiger partial charge in [0.2, 0.25) is 0 Å². The van der Waals surface area contributed by atoms with Crippen LogP contribution >= 0.6 is 11.6 Å². The molecule has 0 atom stereocenters. The summed E-state index contributed by atoms with van der Waals surface area (Å²) in [5.74, 6) is 5.25. The minimum absolute atomic E-state index is 0.169. The molecule has 0 aliphatic rings. The molecular formula is C14H12ClN5O. The Labute approximate surface area is 126 Å². The lowest BCUT2D eigenvalue weighted by Crippen LogP contribution is -2.23. The van der Waals surface area contributed by atoms with E-state index >= 15 is 0 Å². The largest absolute Gasteiger partial charge is 0.348 e. The van der Waals surface area contributed by atoms with Crippen LogP contribution in [0.2, 0.25) is 5.15 Å². The lowest BCUT2D eigenvalue weighted by Gasteiger charge is -2.07. The van der Waals surface area contributed by atoms with Gasteiger partial charge in [-0.1, -0.05) is 23.7 Å². The molecule has 2 aromatic rings. The second-order valence-electron chi connectivity index (χ2n) is 4.20. The third-order valence-corrected chi connectivity index (χ3v) is 2.91. The maximum absolute atomic E-state index is 12.1. The summed E-state index contributed by atoms with van der Waals surface area (Å²) in [6.45, 7) is 0.305. The lowest BCUT2D eigenvalue weighted by atomic mass is 10.1. The number of nitrogens with two attached hydrogens (primary N) is 1. The normalized spacial score (nSPS) is 9.76. The molecule has 0 radical (unpaired) electrons. The molecule has 7 heteroatoms. The monoisotopic (exact) mass is 301 g/mol. The van der Waals surface area contributed by atoms with Crippen molar-refractivity contribution >= 4 is 23.3 Å². The second-order valence-corrected chi connectivity index (χ2v) is 4.59. The number of nitriles is 1. The summed E-state index contributed by atoms with van der Waals surface area (Å²) in [7, 11) is 0. The molecule has 0 aliphatic carbocycles. The van der Waals surface area contributed by atoms with Crippen molar-refractivity contribution in [1.29, 1.82) is 5.26 Å². The van der Waals surface area contributed by atoms with Crippen LogP contribution in [-0.4, -0.2) is 10.9 Å². The lowest BCUT2D eigenvalue weighted by molar-refractivity contribution is 0.0951. The maximum Gasteiger partial charge on any atom is 0.251 e. The first kappa shape index (κ1) is 14.8. The summed E-state index contributed by atoms with van der Waals surface area (Å²) < 4.78 is 0. The number of carbonyl (C=O) groups excluding carboxylic acids is 1. The summed E-state index contributed by atoms with van der Waals surface area (Å²) in [5.41, 5.74) is 4.06. The van der Waals surface area contributed by atoms with Crippen LogP contribution in [0.15, 0.2) is 36.4 Å². The number of rotatable bonds is 4. The smallest absolute Gasteiger partial charge is 0.251 e. The topological polar surface area (TPSA) is 104 Å². The molecule has 1 heterocycles. The van der Waals surface area contributed by atoms with Gasteiger partial charge in [-0.3, -0.25) is 4.79 Å². The summed E-state index contributed by atoms with van der Waals surface area (Å²) in [6.07, 6.45) is 0. The van der Waals surface area contributed by atoms with Crippen molar-refractivity contribution in [2.24, 2.45) is 5.84 Å². The van der Waals surface area contributed by atoms with E-state index in [2.05, 4.69) is 15.7 Å². The van der Waals surface area contributed by atoms with Gasteiger partial charge in [0.15, 0.2) is 0 Å². The Morgan fingerprint density at radius 3 is 2.90 bits per heavy atom. The molecule has 0 unspecified atom stereocenters. The number of anilines is 1. The summed E-state index contributed by atoms with van der Waals surface area (Å²) in [4.78, 5) is 16.0. The molecule has 4 N–H and O–H groups in total. The fourth-order valence-corrected chi connectivity index (χ4v) is 1.95. The molecule has 1 aromatic carbocycles. The van der Waals surface area contributed by atoms with Gasteiger partial charge in [0.25, 0.3) is 5.91 Å². The van der Waals surface area contributed by atoms with E-state index in [0.717, 1.165) is 5.56 Å². The highest BCUT2D eigenvalue weighted by Crippen LogP contribution is 2.14. The molecule has 21 heavy (non-hydrogen) atoms. The average molecular weight is 302 g/mol. The first-order chi connectivity index (χ1) is 10.1. The zero-order valence-electron chi connectivity index (χ0n) is 10.9. The Balaban J connectivity index is 2.08. The number of hydrogen-bond donors (Lipinski definition) is 3. The van der Waals surface area contributed by atoms with E-state index in [-0.39, 0.29) is 11.1 Å². The zero-order chi connectivity index (χ0) is 15.2. The van der Waals surface area contributed by atoms with E-state index in [4.69, 9.17) is 22.7 Å². The fourth-order valence-electron chi connectivity index (χ4n) is 1.74. The number of nitrogens with one attached hydrogen (secondary N) is 2. The number of pyridine rings is 1. The van der Waals surface area contributed by atoms with Crippen molar-refractivity contribution in [3.05, 3.63) is 58.2 Å². The third kappa shape index (κ3) is 3.92. The van der Waals surface area contributed by atoms with Crippen molar-refractivity contribution < 1.29 is 4.79 Å². The Morgan fingerprint density at radius 2 is 2.19 bits per heavy atom. The SMILES string of the molecule is N#Cc1cccc(CNC(=O)c2cc(Cl)nc(NN)c2)c1. The van der Waals surface area contributed by atoms with Crippen molar-refractivity contribution in [3.8, 4) is 6.07 Å². The standard InChI is InChI=1S/C14H12ClN5O/c15-12-5-11(6-13(19-12)20-17)14(21)18-8-10-3-1-2-9(4-10)7-16/h1-6H,8,17H2,(H,18,21)(H,19,20). The minimum atomic E-state index is -0.307. The van der Waals surface area contributed by atoms with Crippen LogP contribution in [0.25, 0.3) is 0 Å². The quantitative estimate of drug-likeness (QED) is 0.454. The van der Waals surface area contributed by atoms with Gasteiger partial charge in [0, 0.05) is 12.1 Å². The molecule has 1 amide bonds. The van der Waals surface area contributed by atoms with Crippen molar-refractivity contribution in [1.82, 2.24) is 10.3 Å². The van der Waals surface area contributed by atoms with Crippen LogP contribution in [0.5, 0.6) is 0 Å². The van der Waals surface area contributed by atoms with Gasteiger partial charge in [0.05, 0.1) is 11.6 Å². The molecule has 0 saturated heterocycles. The fraction of sp³-hybridized carbons (Fsp3) is 0.0714. The highest BCUT2D eigenvalue weighted by atomic mass is 35.5. The van der Waals surface area contributed by atoms with E-state index in [1.165, 1.54) is 12.1 Å². The molecular weight excluding hydrogens is 290 g/mol. The predicted octanol–water partition coefficient (Wildman–Crippen LogP) is 1.82. The van der Waals surface area contributed by atoms with Crippen LogP contribution in [0.4, 0.5) is 5.82 Å². The number of benzene rings is 1. The predicted molar refractivity (Wildman–Crippen MR) is 79.4 cm³/mol. The molecule has 0 spiro atoms. The number of nitrogen functional groups attached to an aromatic ring is 1. The number of halogens is 1. The highest BCUT2D eigenvalue weighted by Gasteiger charge is 2.09. The van der Waals surface area contributed by atoms with E-state index in [9.17, 15) is 4.79 Å². The Kier molecular flexibility index (Phi) is 4.72. The Hall–Kier alpha value is -2.62. The van der Waals surface area contributed by atoms with Crippen LogP contribution in [0.3, 0.4) is 0 Å². The molecule has 1 aromatic heterocycles. The number of nitrogens with zero attached hydrogens (tertiary/aromatic N) is 2. The highest BCUT2D eigenvalue weighted by molar-refractivity contribution is 6.29. The molecule has 0 fully saturated rings. The van der Waals surface area contributed by atoms with Gasteiger partial charge in [0.1, 0.15) is 11.0 Å². The molecule has 6 nitrogen and oxygen atoms in total. The van der Waals surface area contributed by atoms with E-state index in [0.29, 0.717) is 23.5 Å². The summed E-state index contributed by atoms with van der Waals surface area (Å²) in [6, 6.07) is 12.0. The van der Waals surface area contributed by atoms with E-state index in [1.54, 1.807) is 18.2 Å². The van der Waals surface area contributed by atoms with Gasteiger partial charge in [-0.2, -0.15) is 5.26 Å². The maximum atomic E-state index is 12.1. The molecule has 106 valence electrons. The first-order valence-electron chi connectivity index (χ1n) is 6.04. The van der Waals surface area contributed by atoms with Crippen molar-refractivity contribution in [2.75, 3.05) is 5.43 Å². The van der Waals surface area contributed by atoms with Crippen LogP contribution in [0.1, 0.15) is 21.5 Å². The zero-order valence-corrected chi connectivity index (χ0v) is 11.7. The minimum Gasteiger partial charge on any atom is -0.348 e. The summed E-state index contributed by atoms with van der Waals surface area (Å²) in [5, 5.41) is 11.7. The molecule has 2 rings (SSSR count). The third-order valence-electron chi connectivity index (χ3n) is 2.71. The number of amides is 1. The second kappa shape index (κ2) is 6.70. The number of hydrazine groups is 1. The van der Waals surface area contributed by atoms with Crippen LogP contribution < -0.4 is 16.6 Å². The van der Waals surface area contributed by atoms with Gasteiger partial charge < -0.3 is 10.7 Å². The van der Waals surface area contributed by atoms with Crippen molar-refractivity contribution in [3.63, 3.8) is 0 Å². The van der Waals surface area contributed by atoms with Gasteiger partial charge >= 0.3 is 0 Å². The first-order valence-corrected chi connectivity index (χ1v) is 6.41. The van der Waals surface area contributed by atoms with Crippen molar-refractivity contribution in [2.45, 2.75) is 6.54 Å². The molecule has 0 aliphatic heterocycles. The van der Waals surface area contributed by atoms with Gasteiger partial charge in [-0.15, -0.1) is 0 Å².